The first-order chi connectivity index (χ1) is 9.58. The van der Waals surface area contributed by atoms with E-state index in [0.717, 1.165) is 0 Å². The van der Waals surface area contributed by atoms with Gasteiger partial charge in [0.25, 0.3) is 0 Å². The van der Waals surface area contributed by atoms with Crippen molar-refractivity contribution < 1.29 is 9.18 Å². The monoisotopic (exact) mass is 275 g/mol. The van der Waals surface area contributed by atoms with Gasteiger partial charge in [-0.2, -0.15) is 0 Å². The molecule has 1 aromatic carbocycles. The van der Waals surface area contributed by atoms with Gasteiger partial charge < -0.3 is 11.5 Å². The van der Waals surface area contributed by atoms with E-state index in [1.54, 1.807) is 18.2 Å². The standard InChI is InChI=1S/C13H14FN5O/c14-10-4-2-1-3-9(10)5-6-19(13(16)20)12-7-11(15)17-8-18-12/h1-4,7-8H,5-6H2,(H2,16,20)(H2,15,17,18). The Hall–Kier alpha value is -2.70. The van der Waals surface area contributed by atoms with E-state index >= 15 is 0 Å². The molecule has 0 aliphatic heterocycles. The Kier molecular flexibility index (Phi) is 4.09. The molecule has 0 saturated carbocycles. The molecular formula is C13H14FN5O. The highest BCUT2D eigenvalue weighted by molar-refractivity contribution is 5.89. The molecule has 2 rings (SSSR count). The number of carbonyl (C=O) groups is 1. The maximum Gasteiger partial charge on any atom is 0.320 e. The minimum absolute atomic E-state index is 0.201. The summed E-state index contributed by atoms with van der Waals surface area (Å²) in [6.45, 7) is 0.201. The number of anilines is 2. The Bertz CT molecular complexity index is 619. The average molecular weight is 275 g/mol. The van der Waals surface area contributed by atoms with Crippen molar-refractivity contribution in [2.45, 2.75) is 6.42 Å². The van der Waals surface area contributed by atoms with Crippen molar-refractivity contribution in [3.05, 3.63) is 48.0 Å². The second-order valence-corrected chi connectivity index (χ2v) is 4.13. The first-order valence-corrected chi connectivity index (χ1v) is 5.96. The Balaban J connectivity index is 2.15. The number of halogens is 1. The molecule has 104 valence electrons. The fraction of sp³-hybridized carbons (Fsp3) is 0.154. The zero-order valence-corrected chi connectivity index (χ0v) is 10.7. The largest absolute Gasteiger partial charge is 0.384 e. The molecular weight excluding hydrogens is 261 g/mol. The van der Waals surface area contributed by atoms with Gasteiger partial charge >= 0.3 is 6.03 Å². The number of urea groups is 1. The number of benzene rings is 1. The van der Waals surface area contributed by atoms with Gasteiger partial charge in [-0.1, -0.05) is 18.2 Å². The Morgan fingerprint density at radius 3 is 2.70 bits per heavy atom. The molecule has 4 N–H and O–H groups in total. The van der Waals surface area contributed by atoms with Crippen molar-refractivity contribution in [3.8, 4) is 0 Å². The van der Waals surface area contributed by atoms with Gasteiger partial charge in [0.05, 0.1) is 0 Å². The fourth-order valence-corrected chi connectivity index (χ4v) is 1.78. The van der Waals surface area contributed by atoms with E-state index in [-0.39, 0.29) is 18.2 Å². The van der Waals surface area contributed by atoms with E-state index in [1.165, 1.54) is 23.4 Å². The van der Waals surface area contributed by atoms with Crippen LogP contribution in [0, 0.1) is 5.82 Å². The van der Waals surface area contributed by atoms with Gasteiger partial charge in [-0.05, 0) is 18.1 Å². The molecule has 0 spiro atoms. The van der Waals surface area contributed by atoms with Crippen molar-refractivity contribution in [2.24, 2.45) is 5.73 Å². The lowest BCUT2D eigenvalue weighted by Crippen LogP contribution is -2.38. The van der Waals surface area contributed by atoms with Crippen LogP contribution >= 0.6 is 0 Å². The van der Waals surface area contributed by atoms with E-state index < -0.39 is 6.03 Å². The third-order valence-corrected chi connectivity index (χ3v) is 2.78. The van der Waals surface area contributed by atoms with Crippen LogP contribution in [0.1, 0.15) is 5.56 Å². The van der Waals surface area contributed by atoms with Gasteiger partial charge in [-0.25, -0.2) is 19.2 Å². The summed E-state index contributed by atoms with van der Waals surface area (Å²) < 4.78 is 13.5. The molecule has 0 saturated heterocycles. The minimum Gasteiger partial charge on any atom is -0.384 e. The molecule has 20 heavy (non-hydrogen) atoms. The molecule has 2 amide bonds. The molecule has 1 aromatic heterocycles. The van der Waals surface area contributed by atoms with Gasteiger partial charge in [0, 0.05) is 12.6 Å². The number of nitrogen functional groups attached to an aromatic ring is 1. The van der Waals surface area contributed by atoms with E-state index in [9.17, 15) is 9.18 Å². The number of amides is 2. The summed E-state index contributed by atoms with van der Waals surface area (Å²) in [6.07, 6.45) is 1.56. The van der Waals surface area contributed by atoms with Crippen LogP contribution in [-0.4, -0.2) is 22.5 Å². The van der Waals surface area contributed by atoms with Crippen LogP contribution in [0.15, 0.2) is 36.7 Å². The number of hydrogen-bond acceptors (Lipinski definition) is 4. The average Bonchev–Trinajstić information content (AvgIpc) is 2.41. The van der Waals surface area contributed by atoms with Crippen molar-refractivity contribution in [1.29, 1.82) is 0 Å². The number of nitrogens with zero attached hydrogens (tertiary/aromatic N) is 3. The van der Waals surface area contributed by atoms with E-state index in [2.05, 4.69) is 9.97 Å². The Morgan fingerprint density at radius 1 is 1.30 bits per heavy atom. The number of nitrogens with two attached hydrogens (primary N) is 2. The van der Waals surface area contributed by atoms with E-state index in [1.807, 2.05) is 0 Å². The second kappa shape index (κ2) is 5.96. The molecule has 2 aromatic rings. The minimum atomic E-state index is -0.681. The predicted molar refractivity (Wildman–Crippen MR) is 73.5 cm³/mol. The highest BCUT2D eigenvalue weighted by atomic mass is 19.1. The van der Waals surface area contributed by atoms with Gasteiger partial charge in [0.1, 0.15) is 23.8 Å². The molecule has 0 aliphatic rings. The SMILES string of the molecule is NC(=O)N(CCc1ccccc1F)c1cc(N)ncn1. The van der Waals surface area contributed by atoms with Gasteiger partial charge in [-0.15, -0.1) is 0 Å². The summed E-state index contributed by atoms with van der Waals surface area (Å²) in [4.78, 5) is 20.4. The maximum atomic E-state index is 13.5. The predicted octanol–water partition coefficient (Wildman–Crippen LogP) is 1.33. The molecule has 0 atom stereocenters. The lowest BCUT2D eigenvalue weighted by molar-refractivity contribution is 0.254. The van der Waals surface area contributed by atoms with Crippen molar-refractivity contribution >= 4 is 17.7 Å². The van der Waals surface area contributed by atoms with Crippen LogP contribution < -0.4 is 16.4 Å². The van der Waals surface area contributed by atoms with E-state index in [4.69, 9.17) is 11.5 Å². The molecule has 0 radical (unpaired) electrons. The summed E-state index contributed by atoms with van der Waals surface area (Å²) in [6, 6.07) is 7.12. The van der Waals surface area contributed by atoms with Crippen LogP contribution in [-0.2, 0) is 6.42 Å². The van der Waals surface area contributed by atoms with E-state index in [0.29, 0.717) is 17.8 Å². The summed E-state index contributed by atoms with van der Waals surface area (Å²) in [7, 11) is 0. The normalized spacial score (nSPS) is 10.2. The molecule has 0 aliphatic carbocycles. The molecule has 0 fully saturated rings. The molecule has 0 unspecified atom stereocenters. The number of carbonyl (C=O) groups excluding carboxylic acids is 1. The third-order valence-electron chi connectivity index (χ3n) is 2.78. The highest BCUT2D eigenvalue weighted by Gasteiger charge is 2.15. The van der Waals surface area contributed by atoms with Gasteiger partial charge in [0.2, 0.25) is 0 Å². The number of aromatic nitrogens is 2. The van der Waals surface area contributed by atoms with Crippen LogP contribution in [0.5, 0.6) is 0 Å². The van der Waals surface area contributed by atoms with Gasteiger partial charge in [-0.3, -0.25) is 4.90 Å². The number of hydrogen-bond donors (Lipinski definition) is 2. The maximum absolute atomic E-state index is 13.5. The van der Waals surface area contributed by atoms with Crippen LogP contribution in [0.3, 0.4) is 0 Å². The lowest BCUT2D eigenvalue weighted by atomic mass is 10.1. The van der Waals surface area contributed by atoms with Crippen molar-refractivity contribution in [3.63, 3.8) is 0 Å². The topological polar surface area (TPSA) is 98.1 Å². The molecule has 1 heterocycles. The zero-order chi connectivity index (χ0) is 14.5. The zero-order valence-electron chi connectivity index (χ0n) is 10.7. The molecule has 6 nitrogen and oxygen atoms in total. The molecule has 0 bridgehead atoms. The molecule has 7 heteroatoms. The van der Waals surface area contributed by atoms with Gasteiger partial charge in [0.15, 0.2) is 0 Å². The number of primary amides is 1. The fourth-order valence-electron chi connectivity index (χ4n) is 1.78. The number of rotatable bonds is 4. The quantitative estimate of drug-likeness (QED) is 0.879. The first kappa shape index (κ1) is 13.7. The summed E-state index contributed by atoms with van der Waals surface area (Å²) in [5.74, 6) is 0.201. The van der Waals surface area contributed by atoms with Crippen molar-refractivity contribution in [1.82, 2.24) is 9.97 Å². The highest BCUT2D eigenvalue weighted by Crippen LogP contribution is 2.14. The van der Waals surface area contributed by atoms with Crippen LogP contribution in [0.25, 0.3) is 0 Å². The lowest BCUT2D eigenvalue weighted by Gasteiger charge is -2.19. The van der Waals surface area contributed by atoms with Crippen LogP contribution in [0.4, 0.5) is 20.8 Å². The van der Waals surface area contributed by atoms with Crippen molar-refractivity contribution in [2.75, 3.05) is 17.2 Å². The first-order valence-electron chi connectivity index (χ1n) is 5.96. The summed E-state index contributed by atoms with van der Waals surface area (Å²) >= 11 is 0. The third kappa shape index (κ3) is 3.19. The summed E-state index contributed by atoms with van der Waals surface area (Å²) in [5, 5.41) is 0. The second-order valence-electron chi connectivity index (χ2n) is 4.13. The van der Waals surface area contributed by atoms with Crippen LogP contribution in [0.2, 0.25) is 0 Å². The smallest absolute Gasteiger partial charge is 0.320 e. The Labute approximate surface area is 115 Å². The Morgan fingerprint density at radius 2 is 2.05 bits per heavy atom. The summed E-state index contributed by atoms with van der Waals surface area (Å²) in [5.41, 5.74) is 11.4.